The minimum Gasteiger partial charge on any atom is -0.496 e. The number of methoxy groups -OCH3 is 2. The third kappa shape index (κ3) is 7.42. The van der Waals surface area contributed by atoms with Gasteiger partial charge in [0.2, 0.25) is 17.7 Å². The van der Waals surface area contributed by atoms with Crippen LogP contribution in [-0.2, 0) is 22.7 Å². The van der Waals surface area contributed by atoms with E-state index in [0.29, 0.717) is 40.3 Å². The third-order valence-electron chi connectivity index (χ3n) is 10.2. The number of hydrogen-bond acceptors (Lipinski definition) is 8. The summed E-state index contributed by atoms with van der Waals surface area (Å²) in [5.74, 6) is 1.48. The number of ether oxygens (including phenoxy) is 2. The summed E-state index contributed by atoms with van der Waals surface area (Å²) in [5, 5.41) is 7.01. The number of nitrogens with one attached hydrogen (secondary N) is 2. The average molecular weight is 730 g/mol. The van der Waals surface area contributed by atoms with Crippen LogP contribution in [0.3, 0.4) is 0 Å². The van der Waals surface area contributed by atoms with Gasteiger partial charge in [-0.25, -0.2) is 4.98 Å². The van der Waals surface area contributed by atoms with Crippen LogP contribution in [-0.4, -0.2) is 84.6 Å². The van der Waals surface area contributed by atoms with Crippen molar-refractivity contribution < 1.29 is 19.1 Å². The third-order valence-corrected chi connectivity index (χ3v) is 11.0. The van der Waals surface area contributed by atoms with E-state index in [1.165, 1.54) is 0 Å². The van der Waals surface area contributed by atoms with Crippen molar-refractivity contribution in [1.82, 2.24) is 30.4 Å². The topological polar surface area (TPSA) is 109 Å². The van der Waals surface area contributed by atoms with Crippen LogP contribution < -0.4 is 20.1 Å². The highest BCUT2D eigenvalue weighted by atomic mass is 35.5. The molecule has 5 heterocycles. The monoisotopic (exact) mass is 728 g/mol. The molecule has 0 radical (unpaired) electrons. The quantitative estimate of drug-likeness (QED) is 0.198. The molecule has 1 spiro atoms. The van der Waals surface area contributed by atoms with E-state index in [2.05, 4.69) is 31.5 Å². The van der Waals surface area contributed by atoms with Gasteiger partial charge in [0, 0.05) is 110 Å². The van der Waals surface area contributed by atoms with Gasteiger partial charge in [0.25, 0.3) is 0 Å². The summed E-state index contributed by atoms with van der Waals surface area (Å²) in [5.41, 5.74) is 6.57. The average Bonchev–Trinajstić information content (AvgIpc) is 3.51. The second kappa shape index (κ2) is 14.8. The summed E-state index contributed by atoms with van der Waals surface area (Å²) in [4.78, 5) is 37.4. The minimum atomic E-state index is 0.0229. The van der Waals surface area contributed by atoms with Gasteiger partial charge in [0.05, 0.1) is 35.7 Å². The van der Waals surface area contributed by atoms with Gasteiger partial charge in [-0.05, 0) is 31.0 Å². The zero-order chi connectivity index (χ0) is 35.7. The minimum absolute atomic E-state index is 0.0229. The Balaban J connectivity index is 1.09. The Hall–Kier alpha value is -4.22. The van der Waals surface area contributed by atoms with Gasteiger partial charge >= 0.3 is 0 Å². The molecule has 0 atom stereocenters. The molecule has 266 valence electrons. The first-order valence-corrected chi connectivity index (χ1v) is 18.0. The molecular formula is C39H42Cl2N6O4. The van der Waals surface area contributed by atoms with Crippen molar-refractivity contribution in [2.45, 2.75) is 45.3 Å². The van der Waals surface area contributed by atoms with Crippen molar-refractivity contribution in [1.29, 1.82) is 0 Å². The summed E-state index contributed by atoms with van der Waals surface area (Å²) >= 11 is 14.2. The summed E-state index contributed by atoms with van der Waals surface area (Å²) in [6.45, 7) is 7.31. The number of hydrogen-bond donors (Lipinski definition) is 2. The number of nitrogens with zero attached hydrogens (tertiary/aromatic N) is 4. The van der Waals surface area contributed by atoms with Crippen LogP contribution in [0, 0.1) is 5.41 Å². The van der Waals surface area contributed by atoms with E-state index in [9.17, 15) is 9.59 Å². The Kier molecular flexibility index (Phi) is 10.2. The molecule has 12 heteroatoms. The molecule has 0 saturated carbocycles. The lowest BCUT2D eigenvalue weighted by Crippen LogP contribution is -2.56. The number of rotatable bonds is 10. The predicted octanol–water partition coefficient (Wildman–Crippen LogP) is 6.22. The van der Waals surface area contributed by atoms with Crippen molar-refractivity contribution in [3.63, 3.8) is 0 Å². The zero-order valence-electron chi connectivity index (χ0n) is 29.1. The number of halogens is 2. The van der Waals surface area contributed by atoms with Crippen LogP contribution in [0.15, 0.2) is 60.8 Å². The van der Waals surface area contributed by atoms with Gasteiger partial charge in [0.1, 0.15) is 5.75 Å². The number of amides is 2. The maximum atomic E-state index is 11.8. The van der Waals surface area contributed by atoms with Crippen LogP contribution in [0.2, 0.25) is 10.0 Å². The van der Waals surface area contributed by atoms with Gasteiger partial charge in [-0.3, -0.25) is 24.4 Å². The standard InChI is InChI=1S/C39H42Cl2N6O4/c1-24(48)44-28-12-15-46(16-13-28)19-26-8-7-25(17-33(26)50-2)37-36(41)30(11-14-42-37)29-5-4-6-31(35(29)40)32-10-9-27(38(45-32)51-3)20-47-22-39(23-47)18-34(49)43-21-39/h4-11,14,17,28H,12-13,15-16,18-23H2,1-3H3,(H,43,49)(H,44,48). The fourth-order valence-corrected chi connectivity index (χ4v) is 8.37. The van der Waals surface area contributed by atoms with Crippen molar-refractivity contribution >= 4 is 35.0 Å². The SMILES string of the molecule is COc1cc(-c2nccc(-c3cccc(-c4ccc(CN5CC6(CNC(=O)C6)C5)c(OC)n4)c3Cl)c2Cl)ccc1CN1CCC(NC(C)=O)CC1. The molecule has 3 fully saturated rings. The second-order valence-electron chi connectivity index (χ2n) is 13.9. The largest absolute Gasteiger partial charge is 0.496 e. The zero-order valence-corrected chi connectivity index (χ0v) is 30.6. The highest BCUT2D eigenvalue weighted by molar-refractivity contribution is 6.39. The summed E-state index contributed by atoms with van der Waals surface area (Å²) in [6.07, 6.45) is 4.19. The Morgan fingerprint density at radius 1 is 0.941 bits per heavy atom. The molecule has 2 aromatic carbocycles. The summed E-state index contributed by atoms with van der Waals surface area (Å²) in [7, 11) is 3.30. The molecule has 10 nitrogen and oxygen atoms in total. The molecule has 4 aromatic rings. The van der Waals surface area contributed by atoms with E-state index in [0.717, 1.165) is 91.2 Å². The van der Waals surface area contributed by atoms with E-state index in [1.807, 2.05) is 48.5 Å². The number of aromatic nitrogens is 2. The molecule has 51 heavy (non-hydrogen) atoms. The maximum absolute atomic E-state index is 11.8. The molecule has 2 aromatic heterocycles. The fourth-order valence-electron chi connectivity index (χ4n) is 7.72. The molecular weight excluding hydrogens is 687 g/mol. The van der Waals surface area contributed by atoms with Gasteiger partial charge in [-0.15, -0.1) is 0 Å². The first kappa shape index (κ1) is 35.2. The van der Waals surface area contributed by atoms with Crippen molar-refractivity contribution in [3.8, 4) is 45.3 Å². The lowest BCUT2D eigenvalue weighted by Gasteiger charge is -2.47. The van der Waals surface area contributed by atoms with Crippen LogP contribution in [0.4, 0.5) is 0 Å². The van der Waals surface area contributed by atoms with Gasteiger partial charge in [-0.2, -0.15) is 0 Å². The number of piperidine rings is 1. The number of carbonyl (C=O) groups excluding carboxylic acids is 2. The van der Waals surface area contributed by atoms with Crippen LogP contribution in [0.25, 0.3) is 33.6 Å². The number of pyridine rings is 2. The molecule has 3 saturated heterocycles. The Bertz CT molecular complexity index is 1960. The first-order chi connectivity index (χ1) is 24.6. The Morgan fingerprint density at radius 2 is 1.67 bits per heavy atom. The number of likely N-dealkylation sites (tertiary alicyclic amines) is 2. The van der Waals surface area contributed by atoms with E-state index in [4.69, 9.17) is 37.7 Å². The lowest BCUT2D eigenvalue weighted by atomic mass is 9.79. The molecule has 7 rings (SSSR count). The molecule has 0 bridgehead atoms. The first-order valence-electron chi connectivity index (χ1n) is 17.3. The van der Waals surface area contributed by atoms with Crippen LogP contribution >= 0.6 is 23.2 Å². The highest BCUT2D eigenvalue weighted by Gasteiger charge is 2.48. The summed E-state index contributed by atoms with van der Waals surface area (Å²) < 4.78 is 11.6. The fraction of sp³-hybridized carbons (Fsp3) is 0.385. The molecule has 0 unspecified atom stereocenters. The smallest absolute Gasteiger partial charge is 0.220 e. The van der Waals surface area contributed by atoms with E-state index >= 15 is 0 Å². The van der Waals surface area contributed by atoms with Gasteiger partial charge < -0.3 is 20.1 Å². The molecule has 3 aliphatic rings. The molecule has 2 N–H and O–H groups in total. The van der Waals surface area contributed by atoms with Crippen molar-refractivity contribution in [2.75, 3.05) is 46.9 Å². The lowest BCUT2D eigenvalue weighted by molar-refractivity contribution is -0.121. The summed E-state index contributed by atoms with van der Waals surface area (Å²) in [6, 6.07) is 18.0. The van der Waals surface area contributed by atoms with E-state index in [-0.39, 0.29) is 23.3 Å². The van der Waals surface area contributed by atoms with Gasteiger partial charge in [-0.1, -0.05) is 59.6 Å². The number of carbonyl (C=O) groups is 2. The molecule has 0 aliphatic carbocycles. The normalized spacial score (nSPS) is 17.6. The van der Waals surface area contributed by atoms with E-state index in [1.54, 1.807) is 27.3 Å². The van der Waals surface area contributed by atoms with Crippen LogP contribution in [0.5, 0.6) is 11.6 Å². The van der Waals surface area contributed by atoms with Crippen LogP contribution in [0.1, 0.15) is 37.3 Å². The number of benzene rings is 2. The van der Waals surface area contributed by atoms with Gasteiger partial charge in [0.15, 0.2) is 0 Å². The highest BCUT2D eigenvalue weighted by Crippen LogP contribution is 2.43. The molecule has 2 amide bonds. The van der Waals surface area contributed by atoms with Crippen molar-refractivity contribution in [3.05, 3.63) is 82.0 Å². The Labute approximate surface area is 308 Å². The second-order valence-corrected chi connectivity index (χ2v) is 14.7. The van der Waals surface area contributed by atoms with Crippen molar-refractivity contribution in [2.24, 2.45) is 5.41 Å². The van der Waals surface area contributed by atoms with E-state index < -0.39 is 0 Å². The predicted molar refractivity (Wildman–Crippen MR) is 199 cm³/mol. The maximum Gasteiger partial charge on any atom is 0.220 e. The molecule has 3 aliphatic heterocycles. The Morgan fingerprint density at radius 3 is 2.37 bits per heavy atom.